The number of ether oxygens (including phenoxy) is 1. The maximum atomic E-state index is 12.4. The predicted octanol–water partition coefficient (Wildman–Crippen LogP) is 1.79. The van der Waals surface area contributed by atoms with E-state index in [2.05, 4.69) is 12.2 Å². The molecule has 0 aromatic carbocycles. The molecule has 2 aliphatic carbocycles. The van der Waals surface area contributed by atoms with E-state index in [0.717, 1.165) is 44.9 Å². The highest BCUT2D eigenvalue weighted by molar-refractivity contribution is 6.05. The van der Waals surface area contributed by atoms with Crippen molar-refractivity contribution >= 4 is 23.7 Å². The van der Waals surface area contributed by atoms with E-state index in [1.165, 1.54) is 11.3 Å². The molecule has 1 aliphatic heterocycles. The molecule has 1 saturated heterocycles. The first-order valence-electron chi connectivity index (χ1n) is 10.3. The van der Waals surface area contributed by atoms with Crippen molar-refractivity contribution in [1.82, 2.24) is 10.2 Å². The van der Waals surface area contributed by atoms with Gasteiger partial charge in [0.25, 0.3) is 5.91 Å². The molecule has 3 aliphatic rings. The molecule has 3 fully saturated rings. The average Bonchev–Trinajstić information content (AvgIpc) is 2.91. The molecule has 3 rings (SSSR count). The Morgan fingerprint density at radius 3 is 2.22 bits per heavy atom. The SMILES string of the molecule is C[C@H]1CCCC[C@H]1NC(=O)COC(=O)CCN1C(=O)[C@H]2CCCC[C@H]2C1=O. The van der Waals surface area contributed by atoms with Crippen molar-refractivity contribution < 1.29 is 23.9 Å². The average molecular weight is 378 g/mol. The van der Waals surface area contributed by atoms with Crippen molar-refractivity contribution in [3.63, 3.8) is 0 Å². The third kappa shape index (κ3) is 4.68. The van der Waals surface area contributed by atoms with Gasteiger partial charge in [-0.1, -0.05) is 32.6 Å². The monoisotopic (exact) mass is 378 g/mol. The molecule has 2 saturated carbocycles. The highest BCUT2D eigenvalue weighted by atomic mass is 16.5. The summed E-state index contributed by atoms with van der Waals surface area (Å²) in [5.74, 6) is -1.12. The zero-order chi connectivity index (χ0) is 19.4. The van der Waals surface area contributed by atoms with Crippen molar-refractivity contribution in [3.05, 3.63) is 0 Å². The van der Waals surface area contributed by atoms with Crippen molar-refractivity contribution in [2.24, 2.45) is 17.8 Å². The number of nitrogens with zero attached hydrogens (tertiary/aromatic N) is 1. The zero-order valence-corrected chi connectivity index (χ0v) is 16.1. The molecule has 4 atom stereocenters. The van der Waals surface area contributed by atoms with E-state index in [1.807, 2.05) is 0 Å². The second-order valence-electron chi connectivity index (χ2n) is 8.17. The van der Waals surface area contributed by atoms with Gasteiger partial charge in [0.2, 0.25) is 11.8 Å². The Kier molecular flexibility index (Phi) is 6.50. The van der Waals surface area contributed by atoms with Gasteiger partial charge in [-0.05, 0) is 31.6 Å². The van der Waals surface area contributed by atoms with Crippen LogP contribution < -0.4 is 5.32 Å². The summed E-state index contributed by atoms with van der Waals surface area (Å²) in [6.07, 6.45) is 7.77. The summed E-state index contributed by atoms with van der Waals surface area (Å²) < 4.78 is 5.03. The van der Waals surface area contributed by atoms with Gasteiger partial charge in [0.15, 0.2) is 6.61 Å². The van der Waals surface area contributed by atoms with Gasteiger partial charge < -0.3 is 10.1 Å². The smallest absolute Gasteiger partial charge is 0.308 e. The molecule has 0 aromatic heterocycles. The van der Waals surface area contributed by atoms with E-state index >= 15 is 0 Å². The van der Waals surface area contributed by atoms with Crippen LogP contribution in [0.25, 0.3) is 0 Å². The first-order chi connectivity index (χ1) is 13.0. The lowest BCUT2D eigenvalue weighted by atomic mass is 9.81. The Balaban J connectivity index is 1.39. The fourth-order valence-corrected chi connectivity index (χ4v) is 4.65. The number of hydrogen-bond acceptors (Lipinski definition) is 5. The van der Waals surface area contributed by atoms with E-state index in [0.29, 0.717) is 5.92 Å². The standard InChI is InChI=1S/C20H30N2O5/c1-13-6-2-5-9-16(13)21-17(23)12-27-18(24)10-11-22-19(25)14-7-3-4-8-15(14)20(22)26/h13-16H,2-12H2,1H3,(H,21,23)/t13-,14-,15+,16+/m0/s1. The number of amides is 3. The van der Waals surface area contributed by atoms with Crippen LogP contribution in [0.15, 0.2) is 0 Å². The number of carbonyl (C=O) groups is 4. The van der Waals surface area contributed by atoms with Crippen molar-refractivity contribution in [2.75, 3.05) is 13.2 Å². The van der Waals surface area contributed by atoms with Gasteiger partial charge in [-0.2, -0.15) is 0 Å². The number of imide groups is 1. The lowest BCUT2D eigenvalue weighted by molar-refractivity contribution is -0.150. The van der Waals surface area contributed by atoms with Gasteiger partial charge >= 0.3 is 5.97 Å². The Bertz CT molecular complexity index is 581. The van der Waals surface area contributed by atoms with Crippen LogP contribution in [0.4, 0.5) is 0 Å². The van der Waals surface area contributed by atoms with Gasteiger partial charge in [-0.3, -0.25) is 24.1 Å². The van der Waals surface area contributed by atoms with Crippen LogP contribution in [-0.4, -0.2) is 47.8 Å². The molecular weight excluding hydrogens is 348 g/mol. The molecule has 1 N–H and O–H groups in total. The van der Waals surface area contributed by atoms with Crippen LogP contribution in [0, 0.1) is 17.8 Å². The minimum atomic E-state index is -0.558. The van der Waals surface area contributed by atoms with Crippen molar-refractivity contribution in [2.45, 2.75) is 70.8 Å². The zero-order valence-electron chi connectivity index (χ0n) is 16.1. The largest absolute Gasteiger partial charge is 0.456 e. The topological polar surface area (TPSA) is 92.8 Å². The van der Waals surface area contributed by atoms with E-state index in [4.69, 9.17) is 4.74 Å². The molecule has 7 nitrogen and oxygen atoms in total. The first kappa shape index (κ1) is 19.8. The number of esters is 1. The highest BCUT2D eigenvalue weighted by Crippen LogP contribution is 2.37. The molecule has 0 aromatic rings. The lowest BCUT2D eigenvalue weighted by Gasteiger charge is -2.29. The molecule has 150 valence electrons. The lowest BCUT2D eigenvalue weighted by Crippen LogP contribution is -2.43. The van der Waals surface area contributed by atoms with E-state index in [1.54, 1.807) is 0 Å². The van der Waals surface area contributed by atoms with Crippen LogP contribution in [0.2, 0.25) is 0 Å². The van der Waals surface area contributed by atoms with Gasteiger partial charge in [0, 0.05) is 12.6 Å². The minimum Gasteiger partial charge on any atom is -0.456 e. The maximum Gasteiger partial charge on any atom is 0.308 e. The van der Waals surface area contributed by atoms with Crippen molar-refractivity contribution in [1.29, 1.82) is 0 Å². The third-order valence-electron chi connectivity index (χ3n) is 6.29. The number of carbonyl (C=O) groups excluding carboxylic acids is 4. The van der Waals surface area contributed by atoms with E-state index in [9.17, 15) is 19.2 Å². The molecule has 0 radical (unpaired) electrons. The Hall–Kier alpha value is -1.92. The fraction of sp³-hybridized carbons (Fsp3) is 0.800. The number of rotatable bonds is 6. The summed E-state index contributed by atoms with van der Waals surface area (Å²) in [5, 5.41) is 2.93. The predicted molar refractivity (Wildman–Crippen MR) is 97.3 cm³/mol. The molecule has 27 heavy (non-hydrogen) atoms. The van der Waals surface area contributed by atoms with Crippen LogP contribution >= 0.6 is 0 Å². The van der Waals surface area contributed by atoms with Crippen molar-refractivity contribution in [3.8, 4) is 0 Å². The Labute approximate surface area is 160 Å². The number of nitrogens with one attached hydrogen (secondary N) is 1. The normalized spacial score (nSPS) is 30.8. The van der Waals surface area contributed by atoms with Gasteiger partial charge in [0.05, 0.1) is 18.3 Å². The van der Waals surface area contributed by atoms with E-state index in [-0.39, 0.29) is 55.2 Å². The number of likely N-dealkylation sites (tertiary alicyclic amines) is 1. The fourth-order valence-electron chi connectivity index (χ4n) is 4.65. The second-order valence-corrected chi connectivity index (χ2v) is 8.17. The summed E-state index contributed by atoms with van der Waals surface area (Å²) >= 11 is 0. The van der Waals surface area contributed by atoms with Crippen LogP contribution in [0.5, 0.6) is 0 Å². The number of fused-ring (bicyclic) bond motifs is 1. The summed E-state index contributed by atoms with van der Waals surface area (Å²) in [4.78, 5) is 49.9. The van der Waals surface area contributed by atoms with E-state index < -0.39 is 5.97 Å². The summed E-state index contributed by atoms with van der Waals surface area (Å²) in [6, 6.07) is 0.146. The Morgan fingerprint density at radius 1 is 1.00 bits per heavy atom. The second kappa shape index (κ2) is 8.85. The van der Waals surface area contributed by atoms with Gasteiger partial charge in [-0.15, -0.1) is 0 Å². The molecule has 1 heterocycles. The number of hydrogen-bond donors (Lipinski definition) is 1. The Morgan fingerprint density at radius 2 is 1.59 bits per heavy atom. The molecular formula is C20H30N2O5. The van der Waals surface area contributed by atoms with Crippen LogP contribution in [-0.2, 0) is 23.9 Å². The summed E-state index contributed by atoms with van der Waals surface area (Å²) in [5.41, 5.74) is 0. The van der Waals surface area contributed by atoms with Gasteiger partial charge in [0.1, 0.15) is 0 Å². The summed E-state index contributed by atoms with van der Waals surface area (Å²) in [6.45, 7) is 1.86. The molecule has 0 bridgehead atoms. The quantitative estimate of drug-likeness (QED) is 0.562. The van der Waals surface area contributed by atoms with Gasteiger partial charge in [-0.25, -0.2) is 0 Å². The molecule has 0 unspecified atom stereocenters. The molecule has 7 heteroatoms. The van der Waals surface area contributed by atoms with Crippen LogP contribution in [0.1, 0.15) is 64.7 Å². The maximum absolute atomic E-state index is 12.4. The molecule has 0 spiro atoms. The first-order valence-corrected chi connectivity index (χ1v) is 10.3. The highest BCUT2D eigenvalue weighted by Gasteiger charge is 2.47. The summed E-state index contributed by atoms with van der Waals surface area (Å²) in [7, 11) is 0. The third-order valence-corrected chi connectivity index (χ3v) is 6.29. The molecule has 3 amide bonds. The van der Waals surface area contributed by atoms with Crippen LogP contribution in [0.3, 0.4) is 0 Å². The minimum absolute atomic E-state index is 0.0464.